The second-order valence-corrected chi connectivity index (χ2v) is 2.86. The standard InChI is InChI=1S/C6H7N3S.C2H6/c1-4-9-5(7-2)6(8-3)10-4;1-2/h2-3H2,1H3;1-2H3. The van der Waals surface area contributed by atoms with Gasteiger partial charge in [-0.15, -0.1) is 0 Å². The van der Waals surface area contributed by atoms with E-state index >= 15 is 0 Å². The molecule has 3 nitrogen and oxygen atoms in total. The van der Waals surface area contributed by atoms with Crippen molar-refractivity contribution in [3.05, 3.63) is 5.01 Å². The van der Waals surface area contributed by atoms with Gasteiger partial charge in [-0.2, -0.15) is 0 Å². The van der Waals surface area contributed by atoms with Crippen LogP contribution in [0.25, 0.3) is 0 Å². The molecule has 66 valence electrons. The summed E-state index contributed by atoms with van der Waals surface area (Å²) >= 11 is 1.46. The number of nitrogens with zero attached hydrogens (tertiary/aromatic N) is 3. The largest absolute Gasteiger partial charge is 0.250 e. The first-order valence-corrected chi connectivity index (χ1v) is 4.50. The fourth-order valence-electron chi connectivity index (χ4n) is 0.611. The van der Waals surface area contributed by atoms with Crippen molar-refractivity contribution in [1.82, 2.24) is 4.98 Å². The number of hydrogen-bond acceptors (Lipinski definition) is 4. The quantitative estimate of drug-likeness (QED) is 0.649. The van der Waals surface area contributed by atoms with E-state index in [0.717, 1.165) is 10.0 Å². The summed E-state index contributed by atoms with van der Waals surface area (Å²) in [6.45, 7) is 12.6. The average Bonchev–Trinajstić information content (AvgIpc) is 2.49. The van der Waals surface area contributed by atoms with Gasteiger partial charge in [0.05, 0.1) is 5.01 Å². The Bertz CT molecular complexity index is 240. The number of rotatable bonds is 2. The SMILES string of the molecule is C=Nc1nc(C)sc1N=C.CC. The highest BCUT2D eigenvalue weighted by Crippen LogP contribution is 2.32. The molecule has 12 heavy (non-hydrogen) atoms. The van der Waals surface area contributed by atoms with Crippen LogP contribution in [0.1, 0.15) is 18.9 Å². The molecule has 0 amide bonds. The minimum absolute atomic E-state index is 0.581. The Hall–Kier alpha value is -1.03. The molecule has 0 radical (unpaired) electrons. The highest BCUT2D eigenvalue weighted by molar-refractivity contribution is 7.16. The first kappa shape index (κ1) is 11.0. The predicted molar refractivity (Wildman–Crippen MR) is 56.6 cm³/mol. The van der Waals surface area contributed by atoms with Crippen molar-refractivity contribution < 1.29 is 0 Å². The highest BCUT2D eigenvalue weighted by Gasteiger charge is 2.03. The molecule has 0 bridgehead atoms. The van der Waals surface area contributed by atoms with Gasteiger partial charge in [-0.1, -0.05) is 25.2 Å². The van der Waals surface area contributed by atoms with E-state index in [1.54, 1.807) is 0 Å². The van der Waals surface area contributed by atoms with Gasteiger partial charge >= 0.3 is 0 Å². The van der Waals surface area contributed by atoms with E-state index in [4.69, 9.17) is 0 Å². The van der Waals surface area contributed by atoms with Crippen molar-refractivity contribution in [1.29, 1.82) is 0 Å². The van der Waals surface area contributed by atoms with Crippen LogP contribution in [0.2, 0.25) is 0 Å². The van der Waals surface area contributed by atoms with Crippen LogP contribution in [0, 0.1) is 6.92 Å². The molecular weight excluding hydrogens is 170 g/mol. The molecule has 0 unspecified atom stereocenters. The molecule has 1 aromatic heterocycles. The molecular formula is C8H13N3S. The van der Waals surface area contributed by atoms with Gasteiger partial charge in [-0.3, -0.25) is 0 Å². The maximum atomic E-state index is 4.06. The van der Waals surface area contributed by atoms with Gasteiger partial charge in [0.25, 0.3) is 0 Å². The minimum atomic E-state index is 0.581. The Morgan fingerprint density at radius 1 is 1.25 bits per heavy atom. The molecule has 0 atom stereocenters. The van der Waals surface area contributed by atoms with Crippen LogP contribution in [0.3, 0.4) is 0 Å². The van der Waals surface area contributed by atoms with E-state index in [-0.39, 0.29) is 0 Å². The van der Waals surface area contributed by atoms with Gasteiger partial charge in [0.1, 0.15) is 0 Å². The Kier molecular flexibility index (Phi) is 5.12. The first-order valence-electron chi connectivity index (χ1n) is 3.69. The van der Waals surface area contributed by atoms with Crippen molar-refractivity contribution in [3.63, 3.8) is 0 Å². The smallest absolute Gasteiger partial charge is 0.189 e. The first-order chi connectivity index (χ1) is 5.77. The maximum absolute atomic E-state index is 4.06. The second-order valence-electron chi connectivity index (χ2n) is 1.68. The average molecular weight is 183 g/mol. The van der Waals surface area contributed by atoms with Crippen LogP contribution < -0.4 is 0 Å². The van der Waals surface area contributed by atoms with Gasteiger partial charge < -0.3 is 0 Å². The molecule has 0 saturated heterocycles. The molecule has 0 spiro atoms. The van der Waals surface area contributed by atoms with Crippen LogP contribution in [-0.4, -0.2) is 18.4 Å². The number of hydrogen-bond donors (Lipinski definition) is 0. The van der Waals surface area contributed by atoms with Crippen molar-refractivity contribution in [2.24, 2.45) is 9.98 Å². The second kappa shape index (κ2) is 5.60. The Morgan fingerprint density at radius 3 is 2.17 bits per heavy atom. The van der Waals surface area contributed by atoms with Crippen LogP contribution in [0.4, 0.5) is 10.8 Å². The fraction of sp³-hybridized carbons (Fsp3) is 0.375. The fourth-order valence-corrected chi connectivity index (χ4v) is 1.29. The zero-order chi connectivity index (χ0) is 9.56. The van der Waals surface area contributed by atoms with Gasteiger partial charge in [-0.05, 0) is 20.4 Å². The molecule has 0 aliphatic heterocycles. The zero-order valence-electron chi connectivity index (χ0n) is 7.66. The molecule has 1 aromatic rings. The summed E-state index contributed by atoms with van der Waals surface area (Å²) in [7, 11) is 0. The predicted octanol–water partition coefficient (Wildman–Crippen LogP) is 3.14. The molecule has 0 N–H and O–H groups in total. The van der Waals surface area contributed by atoms with Gasteiger partial charge in [0.15, 0.2) is 10.8 Å². The van der Waals surface area contributed by atoms with E-state index in [9.17, 15) is 0 Å². The number of thiazole rings is 1. The minimum Gasteiger partial charge on any atom is -0.250 e. The van der Waals surface area contributed by atoms with Crippen molar-refractivity contribution in [2.75, 3.05) is 0 Å². The topological polar surface area (TPSA) is 37.6 Å². The third-order valence-electron chi connectivity index (χ3n) is 0.992. The maximum Gasteiger partial charge on any atom is 0.189 e. The number of aromatic nitrogens is 1. The van der Waals surface area contributed by atoms with E-state index in [1.165, 1.54) is 11.3 Å². The summed E-state index contributed by atoms with van der Waals surface area (Å²) in [4.78, 5) is 11.5. The molecule has 1 heterocycles. The van der Waals surface area contributed by atoms with Crippen LogP contribution in [0.5, 0.6) is 0 Å². The Morgan fingerprint density at radius 2 is 1.83 bits per heavy atom. The lowest BCUT2D eigenvalue weighted by molar-refractivity contribution is 1.26. The third kappa shape index (κ3) is 2.54. The van der Waals surface area contributed by atoms with Gasteiger partial charge in [0, 0.05) is 0 Å². The molecule has 4 heteroatoms. The zero-order valence-corrected chi connectivity index (χ0v) is 8.48. The number of aliphatic imine (C=N–C) groups is 2. The summed E-state index contributed by atoms with van der Waals surface area (Å²) in [6, 6.07) is 0. The van der Waals surface area contributed by atoms with Crippen LogP contribution in [-0.2, 0) is 0 Å². The van der Waals surface area contributed by atoms with Gasteiger partial charge in [-0.25, -0.2) is 15.0 Å². The molecule has 0 aromatic carbocycles. The third-order valence-corrected chi connectivity index (χ3v) is 1.88. The van der Waals surface area contributed by atoms with Crippen LogP contribution >= 0.6 is 11.3 Å². The Labute approximate surface area is 76.9 Å². The summed E-state index contributed by atoms with van der Waals surface area (Å²) in [5.41, 5.74) is 0. The van der Waals surface area contributed by atoms with E-state index in [1.807, 2.05) is 20.8 Å². The summed E-state index contributed by atoms with van der Waals surface area (Å²) < 4.78 is 0. The summed E-state index contributed by atoms with van der Waals surface area (Å²) in [5, 5.41) is 1.68. The van der Waals surface area contributed by atoms with E-state index in [0.29, 0.717) is 5.82 Å². The molecule has 1 rings (SSSR count). The summed E-state index contributed by atoms with van der Waals surface area (Å²) in [5.74, 6) is 0.581. The van der Waals surface area contributed by atoms with Crippen molar-refractivity contribution >= 4 is 35.6 Å². The normalized spacial score (nSPS) is 8.25. The van der Waals surface area contributed by atoms with Gasteiger partial charge in [0.2, 0.25) is 0 Å². The Balaban J connectivity index is 0.000000561. The molecule has 0 saturated carbocycles. The van der Waals surface area contributed by atoms with E-state index < -0.39 is 0 Å². The van der Waals surface area contributed by atoms with Crippen molar-refractivity contribution in [2.45, 2.75) is 20.8 Å². The monoisotopic (exact) mass is 183 g/mol. The lowest BCUT2D eigenvalue weighted by atomic mass is 10.7. The molecule has 0 aliphatic rings. The lowest BCUT2D eigenvalue weighted by Crippen LogP contribution is -1.63. The highest BCUT2D eigenvalue weighted by atomic mass is 32.1. The van der Waals surface area contributed by atoms with E-state index in [2.05, 4.69) is 28.4 Å². The number of aryl methyl sites for hydroxylation is 1. The van der Waals surface area contributed by atoms with Crippen LogP contribution in [0.15, 0.2) is 9.98 Å². The lowest BCUT2D eigenvalue weighted by Gasteiger charge is -1.82. The summed E-state index contributed by atoms with van der Waals surface area (Å²) in [6.07, 6.45) is 0. The van der Waals surface area contributed by atoms with Crippen molar-refractivity contribution in [3.8, 4) is 0 Å². The molecule has 0 aliphatic carbocycles. The molecule has 0 fully saturated rings.